The molecule has 1 rings (SSSR count). The van der Waals surface area contributed by atoms with E-state index in [4.69, 9.17) is 10.9 Å². The first-order valence-electron chi connectivity index (χ1n) is 3.54. The summed E-state index contributed by atoms with van der Waals surface area (Å²) in [4.78, 5) is 20.3. The second-order valence-electron chi connectivity index (χ2n) is 2.44. The van der Waals surface area contributed by atoms with Gasteiger partial charge in [0.1, 0.15) is 5.69 Å². The largest absolute Gasteiger partial charge is 0.478 e. The number of nitrogen functional groups attached to an aromatic ring is 1. The molecule has 14 heavy (non-hydrogen) atoms. The molecule has 0 bridgehead atoms. The number of nitrogens with one attached hydrogen (secondary N) is 1. The number of anilines is 1. The van der Waals surface area contributed by atoms with E-state index in [2.05, 4.69) is 5.43 Å². The lowest BCUT2D eigenvalue weighted by Gasteiger charge is -2.01. The van der Waals surface area contributed by atoms with Crippen molar-refractivity contribution in [2.75, 3.05) is 5.43 Å². The maximum Gasteiger partial charge on any atom is 0.335 e. The summed E-state index contributed by atoms with van der Waals surface area (Å²) < 4.78 is 0. The van der Waals surface area contributed by atoms with Crippen LogP contribution in [0.15, 0.2) is 18.2 Å². The Morgan fingerprint density at radius 2 is 2.21 bits per heavy atom. The van der Waals surface area contributed by atoms with E-state index in [0.717, 1.165) is 6.07 Å². The summed E-state index contributed by atoms with van der Waals surface area (Å²) in [6.07, 6.45) is 0. The van der Waals surface area contributed by atoms with Crippen molar-refractivity contribution in [3.8, 4) is 0 Å². The number of nitro benzene ring substituents is 1. The molecule has 0 atom stereocenters. The zero-order chi connectivity index (χ0) is 10.7. The summed E-state index contributed by atoms with van der Waals surface area (Å²) >= 11 is 0. The number of carboxylic acid groups (broad SMARTS) is 1. The molecule has 4 N–H and O–H groups in total. The number of hydrogen-bond donors (Lipinski definition) is 3. The van der Waals surface area contributed by atoms with E-state index < -0.39 is 10.9 Å². The van der Waals surface area contributed by atoms with Crippen LogP contribution in [-0.4, -0.2) is 16.0 Å². The Morgan fingerprint density at radius 1 is 1.57 bits per heavy atom. The van der Waals surface area contributed by atoms with Crippen molar-refractivity contribution < 1.29 is 14.8 Å². The first-order valence-corrected chi connectivity index (χ1v) is 3.54. The summed E-state index contributed by atoms with van der Waals surface area (Å²) in [5.41, 5.74) is 1.65. The molecule has 0 saturated heterocycles. The molecule has 0 aliphatic heterocycles. The molecule has 0 aliphatic rings. The van der Waals surface area contributed by atoms with Gasteiger partial charge >= 0.3 is 5.97 Å². The normalized spacial score (nSPS) is 9.50. The maximum atomic E-state index is 10.5. The van der Waals surface area contributed by atoms with Crippen LogP contribution in [0.5, 0.6) is 0 Å². The van der Waals surface area contributed by atoms with Crippen LogP contribution in [0.1, 0.15) is 10.4 Å². The highest BCUT2D eigenvalue weighted by Gasteiger charge is 2.16. The van der Waals surface area contributed by atoms with E-state index in [1.165, 1.54) is 12.1 Å². The molecule has 7 nitrogen and oxygen atoms in total. The summed E-state index contributed by atoms with van der Waals surface area (Å²) in [5, 5.41) is 19.1. The molecule has 0 heterocycles. The number of nitrogens with two attached hydrogens (primary N) is 1. The molecule has 0 aliphatic carbocycles. The summed E-state index contributed by atoms with van der Waals surface area (Å²) in [5.74, 6) is 3.79. The van der Waals surface area contributed by atoms with Crippen molar-refractivity contribution >= 4 is 17.3 Å². The molecule has 1 aromatic rings. The van der Waals surface area contributed by atoms with Gasteiger partial charge < -0.3 is 10.5 Å². The Morgan fingerprint density at radius 3 is 2.64 bits per heavy atom. The van der Waals surface area contributed by atoms with Crippen LogP contribution in [-0.2, 0) is 0 Å². The molecule has 74 valence electrons. The molecule has 7 heteroatoms. The number of carboxylic acids is 1. The van der Waals surface area contributed by atoms with E-state index in [0.29, 0.717) is 0 Å². The van der Waals surface area contributed by atoms with Crippen molar-refractivity contribution in [1.82, 2.24) is 0 Å². The molecule has 0 amide bonds. The fraction of sp³-hybridized carbons (Fsp3) is 0. The van der Waals surface area contributed by atoms with Gasteiger partial charge in [-0.05, 0) is 12.1 Å². The maximum absolute atomic E-state index is 10.5. The Hall–Kier alpha value is -2.15. The SMILES string of the molecule is NNc1ccc(C(=O)O)cc1[N+](=O)[O-]. The van der Waals surface area contributed by atoms with Crippen molar-refractivity contribution in [3.63, 3.8) is 0 Å². The second kappa shape index (κ2) is 3.71. The number of benzene rings is 1. The fourth-order valence-corrected chi connectivity index (χ4v) is 0.938. The van der Waals surface area contributed by atoms with E-state index >= 15 is 0 Å². The van der Waals surface area contributed by atoms with E-state index in [-0.39, 0.29) is 16.9 Å². The number of hydrazine groups is 1. The minimum absolute atomic E-state index is 0.0694. The highest BCUT2D eigenvalue weighted by molar-refractivity contribution is 5.89. The summed E-state index contributed by atoms with van der Waals surface area (Å²) in [6.45, 7) is 0. The summed E-state index contributed by atoms with van der Waals surface area (Å²) in [6, 6.07) is 3.41. The minimum Gasteiger partial charge on any atom is -0.478 e. The number of hydrogen-bond acceptors (Lipinski definition) is 5. The number of aromatic carboxylic acids is 1. The quantitative estimate of drug-likeness (QED) is 0.370. The third-order valence-corrected chi connectivity index (χ3v) is 1.60. The number of nitrogens with zero attached hydrogens (tertiary/aromatic N) is 1. The van der Waals surface area contributed by atoms with Gasteiger partial charge in [-0.3, -0.25) is 16.0 Å². The molecular weight excluding hydrogens is 190 g/mol. The van der Waals surface area contributed by atoms with Crippen molar-refractivity contribution in [2.45, 2.75) is 0 Å². The van der Waals surface area contributed by atoms with Crippen molar-refractivity contribution in [1.29, 1.82) is 0 Å². The van der Waals surface area contributed by atoms with Crippen LogP contribution in [0.4, 0.5) is 11.4 Å². The molecule has 0 spiro atoms. The number of carbonyl (C=O) groups is 1. The molecule has 0 saturated carbocycles. The van der Waals surface area contributed by atoms with Gasteiger partial charge in [0.2, 0.25) is 0 Å². The predicted molar refractivity (Wildman–Crippen MR) is 47.9 cm³/mol. The minimum atomic E-state index is -1.23. The zero-order valence-electron chi connectivity index (χ0n) is 6.93. The van der Waals surface area contributed by atoms with Crippen LogP contribution >= 0.6 is 0 Å². The second-order valence-corrected chi connectivity index (χ2v) is 2.44. The van der Waals surface area contributed by atoms with Gasteiger partial charge in [-0.2, -0.15) is 0 Å². The molecule has 0 radical (unpaired) electrons. The zero-order valence-corrected chi connectivity index (χ0v) is 6.93. The van der Waals surface area contributed by atoms with Crippen molar-refractivity contribution in [3.05, 3.63) is 33.9 Å². The highest BCUT2D eigenvalue weighted by Crippen LogP contribution is 2.24. The Bertz CT molecular complexity index is 391. The molecule has 0 fully saturated rings. The van der Waals surface area contributed by atoms with E-state index in [1.54, 1.807) is 0 Å². The Labute approximate surface area is 78.3 Å². The first-order chi connectivity index (χ1) is 6.56. The van der Waals surface area contributed by atoms with Gasteiger partial charge in [0.25, 0.3) is 5.69 Å². The molecule has 1 aromatic carbocycles. The van der Waals surface area contributed by atoms with E-state index in [9.17, 15) is 14.9 Å². The standard InChI is InChI=1S/C7H7N3O4/c8-9-5-2-1-4(7(11)12)3-6(5)10(13)14/h1-3,9H,8H2,(H,11,12). The van der Waals surface area contributed by atoms with Crippen LogP contribution in [0.25, 0.3) is 0 Å². The van der Waals surface area contributed by atoms with Gasteiger partial charge in [0, 0.05) is 6.07 Å². The Balaban J connectivity index is 3.27. The average molecular weight is 197 g/mol. The van der Waals surface area contributed by atoms with Gasteiger partial charge in [0.15, 0.2) is 0 Å². The van der Waals surface area contributed by atoms with Gasteiger partial charge in [0.05, 0.1) is 10.5 Å². The first kappa shape index (κ1) is 9.93. The van der Waals surface area contributed by atoms with E-state index in [1.807, 2.05) is 0 Å². The molecular formula is C7H7N3O4. The van der Waals surface area contributed by atoms with Crippen LogP contribution in [0, 0.1) is 10.1 Å². The smallest absolute Gasteiger partial charge is 0.335 e. The molecule has 0 unspecified atom stereocenters. The van der Waals surface area contributed by atoms with Crippen LogP contribution in [0.3, 0.4) is 0 Å². The van der Waals surface area contributed by atoms with Crippen LogP contribution < -0.4 is 11.3 Å². The molecule has 0 aromatic heterocycles. The van der Waals surface area contributed by atoms with Gasteiger partial charge in [-0.15, -0.1) is 0 Å². The lowest BCUT2D eigenvalue weighted by Crippen LogP contribution is -2.10. The predicted octanol–water partition coefficient (Wildman–Crippen LogP) is 0.579. The van der Waals surface area contributed by atoms with Gasteiger partial charge in [-0.1, -0.05) is 0 Å². The van der Waals surface area contributed by atoms with Gasteiger partial charge in [-0.25, -0.2) is 4.79 Å². The topological polar surface area (TPSA) is 118 Å². The highest BCUT2D eigenvalue weighted by atomic mass is 16.6. The number of rotatable bonds is 3. The van der Waals surface area contributed by atoms with Crippen molar-refractivity contribution in [2.24, 2.45) is 5.84 Å². The Kier molecular flexibility index (Phi) is 2.63. The van der Waals surface area contributed by atoms with Crippen LogP contribution in [0.2, 0.25) is 0 Å². The lowest BCUT2D eigenvalue weighted by atomic mass is 10.2. The summed E-state index contributed by atoms with van der Waals surface area (Å²) in [7, 11) is 0. The fourth-order valence-electron chi connectivity index (χ4n) is 0.938. The average Bonchev–Trinajstić information content (AvgIpc) is 2.16. The third-order valence-electron chi connectivity index (χ3n) is 1.60. The number of nitro groups is 1. The third kappa shape index (κ3) is 1.77. The monoisotopic (exact) mass is 197 g/mol. The lowest BCUT2D eigenvalue weighted by molar-refractivity contribution is -0.384.